The lowest BCUT2D eigenvalue weighted by atomic mass is 10.0. The maximum atomic E-state index is 14.7. The third-order valence-corrected chi connectivity index (χ3v) is 8.47. The summed E-state index contributed by atoms with van der Waals surface area (Å²) in [5.41, 5.74) is 3.64. The van der Waals surface area contributed by atoms with Crippen LogP contribution in [0.15, 0.2) is 84.9 Å². The molecule has 0 spiro atoms. The third kappa shape index (κ3) is 12.0. The zero-order valence-corrected chi connectivity index (χ0v) is 31.8. The summed E-state index contributed by atoms with van der Waals surface area (Å²) in [6, 6.07) is 25.1. The number of esters is 1. The summed E-state index contributed by atoms with van der Waals surface area (Å²) in [6.45, 7) is 11.5. The van der Waals surface area contributed by atoms with Crippen LogP contribution in [0.25, 0.3) is 21.5 Å². The molecular weight excluding hydrogens is 674 g/mol. The Hall–Kier alpha value is -5.04. The van der Waals surface area contributed by atoms with E-state index in [9.17, 15) is 19.2 Å². The van der Waals surface area contributed by atoms with E-state index in [-0.39, 0.29) is 19.6 Å². The molecular formula is C41H53N5O7. The Bertz CT molecular complexity index is 1840. The smallest absolute Gasteiger partial charge is 0.329 e. The highest BCUT2D eigenvalue weighted by molar-refractivity contribution is 5.92. The molecule has 0 aromatic heterocycles. The van der Waals surface area contributed by atoms with Gasteiger partial charge in [-0.05, 0) is 74.2 Å². The van der Waals surface area contributed by atoms with E-state index in [4.69, 9.17) is 14.2 Å². The molecule has 0 saturated heterocycles. The Labute approximate surface area is 312 Å². The van der Waals surface area contributed by atoms with E-state index in [1.54, 1.807) is 25.7 Å². The van der Waals surface area contributed by atoms with Gasteiger partial charge in [0.2, 0.25) is 11.8 Å². The Balaban J connectivity index is 1.53. The van der Waals surface area contributed by atoms with E-state index < -0.39 is 54.2 Å². The number of likely N-dealkylation sites (N-methyl/N-ethyl adjacent to an activating group) is 1. The molecule has 3 N–H and O–H groups in total. The molecule has 0 radical (unpaired) electrons. The van der Waals surface area contributed by atoms with Crippen molar-refractivity contribution >= 4 is 45.4 Å². The van der Waals surface area contributed by atoms with Gasteiger partial charge in [-0.2, -0.15) is 0 Å². The normalized spacial score (nSPS) is 12.8. The second-order valence-corrected chi connectivity index (χ2v) is 13.8. The fourth-order valence-corrected chi connectivity index (χ4v) is 6.12. The van der Waals surface area contributed by atoms with Crippen LogP contribution in [0.4, 0.5) is 4.79 Å². The Kier molecular flexibility index (Phi) is 14.7. The summed E-state index contributed by atoms with van der Waals surface area (Å²) in [5, 5.41) is 10.9. The monoisotopic (exact) mass is 727 g/mol. The van der Waals surface area contributed by atoms with Crippen LogP contribution in [0.1, 0.15) is 59.1 Å². The molecule has 0 aliphatic rings. The molecule has 12 heteroatoms. The molecule has 12 nitrogen and oxygen atoms in total. The van der Waals surface area contributed by atoms with Crippen molar-refractivity contribution in [2.45, 2.75) is 85.0 Å². The van der Waals surface area contributed by atoms with Gasteiger partial charge in [-0.25, -0.2) is 9.80 Å². The first-order valence-corrected chi connectivity index (χ1v) is 18.0. The minimum Gasteiger partial charge on any atom is -0.460 e. The number of amides is 4. The van der Waals surface area contributed by atoms with Crippen LogP contribution in [-0.2, 0) is 41.7 Å². The summed E-state index contributed by atoms with van der Waals surface area (Å²) in [7, 11) is 1.53. The number of carbonyl (C=O) groups is 4. The predicted molar refractivity (Wildman–Crippen MR) is 205 cm³/mol. The maximum absolute atomic E-state index is 14.7. The summed E-state index contributed by atoms with van der Waals surface area (Å²) in [4.78, 5) is 55.7. The average Bonchev–Trinajstić information content (AvgIpc) is 3.11. The van der Waals surface area contributed by atoms with Crippen LogP contribution in [0.5, 0.6) is 0 Å². The highest BCUT2D eigenvalue weighted by atomic mass is 16.7. The zero-order valence-electron chi connectivity index (χ0n) is 31.8. The van der Waals surface area contributed by atoms with Crippen molar-refractivity contribution in [2.75, 3.05) is 26.8 Å². The molecule has 4 rings (SSSR count). The lowest BCUT2D eigenvalue weighted by molar-refractivity contribution is -0.180. The number of fused-ring (bicyclic) bond motifs is 2. The topological polar surface area (TPSA) is 139 Å². The van der Waals surface area contributed by atoms with Gasteiger partial charge in [0.1, 0.15) is 11.6 Å². The van der Waals surface area contributed by atoms with Crippen LogP contribution in [0.2, 0.25) is 0 Å². The average molecular weight is 728 g/mol. The zero-order chi connectivity index (χ0) is 38.5. The van der Waals surface area contributed by atoms with E-state index in [1.165, 1.54) is 12.1 Å². The molecule has 0 aliphatic heterocycles. The molecule has 2 unspecified atom stereocenters. The maximum Gasteiger partial charge on any atom is 0.329 e. The summed E-state index contributed by atoms with van der Waals surface area (Å²) >= 11 is 0. The largest absolute Gasteiger partial charge is 0.460 e. The SMILES string of the molecule is CCOC(OCC)C(C)N(Cc1cccc2ccccc12)C(=O)C(CC(=O)OC(C)(C)C)NC(=O)CN(C)NC(=O)NCc1cccc2ccccc12. The minimum atomic E-state index is -1.30. The minimum absolute atomic E-state index is 0.150. The lowest BCUT2D eigenvalue weighted by Crippen LogP contribution is -2.56. The van der Waals surface area contributed by atoms with Crippen molar-refractivity contribution < 1.29 is 33.4 Å². The Morgan fingerprint density at radius 1 is 0.774 bits per heavy atom. The van der Waals surface area contributed by atoms with Crippen LogP contribution in [-0.4, -0.2) is 84.5 Å². The molecule has 0 aliphatic carbocycles. The van der Waals surface area contributed by atoms with Crippen LogP contribution >= 0.6 is 0 Å². The van der Waals surface area contributed by atoms with Crippen LogP contribution < -0.4 is 16.1 Å². The third-order valence-electron chi connectivity index (χ3n) is 8.47. The van der Waals surface area contributed by atoms with Gasteiger partial charge < -0.3 is 29.7 Å². The molecule has 4 aromatic rings. The van der Waals surface area contributed by atoms with E-state index in [0.29, 0.717) is 13.2 Å². The Morgan fingerprint density at radius 3 is 1.91 bits per heavy atom. The molecule has 4 amide bonds. The molecule has 0 fully saturated rings. The fraction of sp³-hybridized carbons (Fsp3) is 0.415. The van der Waals surface area contributed by atoms with Gasteiger partial charge in [0, 0.05) is 33.4 Å². The number of rotatable bonds is 17. The van der Waals surface area contributed by atoms with Crippen molar-refractivity contribution in [1.29, 1.82) is 0 Å². The van der Waals surface area contributed by atoms with Crippen molar-refractivity contribution in [3.05, 3.63) is 96.1 Å². The summed E-state index contributed by atoms with van der Waals surface area (Å²) in [6.07, 6.45) is -1.19. The fourth-order valence-electron chi connectivity index (χ4n) is 6.12. The van der Waals surface area contributed by atoms with E-state index >= 15 is 0 Å². The van der Waals surface area contributed by atoms with Crippen molar-refractivity contribution in [1.82, 2.24) is 26.0 Å². The van der Waals surface area contributed by atoms with Gasteiger partial charge in [0.15, 0.2) is 6.29 Å². The number of nitrogens with zero attached hydrogens (tertiary/aromatic N) is 2. The molecule has 2 atom stereocenters. The molecule has 284 valence electrons. The summed E-state index contributed by atoms with van der Waals surface area (Å²) in [5.74, 6) is -1.76. The first kappa shape index (κ1) is 40.7. The second-order valence-electron chi connectivity index (χ2n) is 13.8. The number of hydrogen-bond donors (Lipinski definition) is 3. The number of ether oxygens (including phenoxy) is 3. The van der Waals surface area contributed by atoms with Gasteiger partial charge in [0.25, 0.3) is 0 Å². The van der Waals surface area contributed by atoms with Crippen LogP contribution in [0, 0.1) is 0 Å². The van der Waals surface area contributed by atoms with Crippen molar-refractivity contribution in [3.8, 4) is 0 Å². The van der Waals surface area contributed by atoms with E-state index in [2.05, 4.69) is 16.1 Å². The van der Waals surface area contributed by atoms with Gasteiger partial charge in [-0.3, -0.25) is 19.8 Å². The van der Waals surface area contributed by atoms with Gasteiger partial charge >= 0.3 is 12.0 Å². The Morgan fingerprint density at radius 2 is 1.32 bits per heavy atom. The first-order valence-electron chi connectivity index (χ1n) is 18.0. The lowest BCUT2D eigenvalue weighted by Gasteiger charge is -2.37. The highest BCUT2D eigenvalue weighted by Crippen LogP contribution is 2.24. The standard InChI is InChI=1S/C41H53N5O7/c1-8-51-39(52-9-2)28(3)46(26-32-21-15-19-30-17-11-13-23-34(30)32)38(49)35(24-37(48)53-41(4,5)6)43-36(47)27-45(7)44-40(50)42-25-31-20-14-18-29-16-10-12-22-33(29)31/h10-23,28,35,39H,8-9,24-27H2,1-7H3,(H,43,47)(H2,42,44,50). The van der Waals surface area contributed by atoms with Gasteiger partial charge in [-0.1, -0.05) is 84.9 Å². The first-order chi connectivity index (χ1) is 25.3. The van der Waals surface area contributed by atoms with E-state index in [0.717, 1.165) is 32.7 Å². The highest BCUT2D eigenvalue weighted by Gasteiger charge is 2.36. The predicted octanol–water partition coefficient (Wildman–Crippen LogP) is 5.67. The molecule has 0 bridgehead atoms. The number of urea groups is 1. The summed E-state index contributed by atoms with van der Waals surface area (Å²) < 4.78 is 17.4. The molecule has 0 heterocycles. The van der Waals surface area contributed by atoms with Crippen LogP contribution in [0.3, 0.4) is 0 Å². The van der Waals surface area contributed by atoms with Crippen molar-refractivity contribution in [2.24, 2.45) is 0 Å². The molecule has 4 aromatic carbocycles. The number of nitrogens with one attached hydrogen (secondary N) is 3. The van der Waals surface area contributed by atoms with E-state index in [1.807, 2.05) is 106 Å². The van der Waals surface area contributed by atoms with Crippen molar-refractivity contribution in [3.63, 3.8) is 0 Å². The number of hydrogen-bond acceptors (Lipinski definition) is 8. The number of hydrazine groups is 1. The number of carbonyl (C=O) groups excluding carboxylic acids is 4. The molecule has 0 saturated carbocycles. The second kappa shape index (κ2) is 19.2. The van der Waals surface area contributed by atoms with Gasteiger partial charge in [0.05, 0.1) is 19.0 Å². The van der Waals surface area contributed by atoms with Gasteiger partial charge in [-0.15, -0.1) is 0 Å². The molecule has 53 heavy (non-hydrogen) atoms. The quantitative estimate of drug-likeness (QED) is 0.0719. The number of benzene rings is 4.